The van der Waals surface area contributed by atoms with Crippen LogP contribution in [0.5, 0.6) is 0 Å². The number of nitrogens with zero attached hydrogens (tertiary/aromatic N) is 2. The summed E-state index contributed by atoms with van der Waals surface area (Å²) in [7, 11) is 0. The third-order valence-electron chi connectivity index (χ3n) is 4.41. The van der Waals surface area contributed by atoms with Gasteiger partial charge in [0.25, 0.3) is 0 Å². The predicted octanol–water partition coefficient (Wildman–Crippen LogP) is 2.70. The first-order chi connectivity index (χ1) is 10.4. The van der Waals surface area contributed by atoms with Gasteiger partial charge in [0.2, 0.25) is 0 Å². The Hall–Kier alpha value is -1.23. The SMILES string of the molecule is c1cc(-c2nc3c(s2)CCC3)ccc1CN1CCNCC1. The number of hydrogen-bond acceptors (Lipinski definition) is 4. The monoisotopic (exact) mass is 299 g/mol. The van der Waals surface area contributed by atoms with Crippen LogP contribution in [0.1, 0.15) is 22.6 Å². The van der Waals surface area contributed by atoms with Crippen molar-refractivity contribution in [3.63, 3.8) is 0 Å². The highest BCUT2D eigenvalue weighted by Crippen LogP contribution is 2.33. The van der Waals surface area contributed by atoms with Crippen molar-refractivity contribution in [2.24, 2.45) is 0 Å². The number of benzene rings is 1. The summed E-state index contributed by atoms with van der Waals surface area (Å²) in [5.41, 5.74) is 4.03. The molecule has 21 heavy (non-hydrogen) atoms. The molecule has 1 aromatic carbocycles. The molecule has 0 radical (unpaired) electrons. The van der Waals surface area contributed by atoms with Crippen LogP contribution in [0, 0.1) is 0 Å². The quantitative estimate of drug-likeness (QED) is 0.944. The van der Waals surface area contributed by atoms with E-state index in [2.05, 4.69) is 34.5 Å². The summed E-state index contributed by atoms with van der Waals surface area (Å²) in [6.45, 7) is 5.60. The molecular weight excluding hydrogens is 278 g/mol. The van der Waals surface area contributed by atoms with Crippen molar-refractivity contribution in [1.82, 2.24) is 15.2 Å². The van der Waals surface area contributed by atoms with Crippen LogP contribution in [-0.4, -0.2) is 36.1 Å². The zero-order valence-corrected chi connectivity index (χ0v) is 13.1. The van der Waals surface area contributed by atoms with Crippen LogP contribution >= 0.6 is 11.3 Å². The summed E-state index contributed by atoms with van der Waals surface area (Å²) >= 11 is 1.89. The number of fused-ring (bicyclic) bond motifs is 1. The first kappa shape index (κ1) is 13.4. The molecular formula is C17H21N3S. The van der Waals surface area contributed by atoms with Gasteiger partial charge >= 0.3 is 0 Å². The average molecular weight is 299 g/mol. The summed E-state index contributed by atoms with van der Waals surface area (Å²) in [4.78, 5) is 8.83. The topological polar surface area (TPSA) is 28.2 Å². The fraction of sp³-hybridized carbons (Fsp3) is 0.471. The fourth-order valence-electron chi connectivity index (χ4n) is 3.19. The Kier molecular flexibility index (Phi) is 3.76. The van der Waals surface area contributed by atoms with Crippen LogP contribution in [0.25, 0.3) is 10.6 Å². The van der Waals surface area contributed by atoms with Gasteiger partial charge in [0.15, 0.2) is 0 Å². The number of hydrogen-bond donors (Lipinski definition) is 1. The van der Waals surface area contributed by atoms with E-state index >= 15 is 0 Å². The second kappa shape index (κ2) is 5.87. The van der Waals surface area contributed by atoms with E-state index in [1.807, 2.05) is 11.3 Å². The van der Waals surface area contributed by atoms with Gasteiger partial charge in [-0.1, -0.05) is 24.3 Å². The Morgan fingerprint density at radius 2 is 1.90 bits per heavy atom. The van der Waals surface area contributed by atoms with Crippen LogP contribution in [-0.2, 0) is 19.4 Å². The van der Waals surface area contributed by atoms with Gasteiger partial charge in [-0.25, -0.2) is 4.98 Å². The van der Waals surface area contributed by atoms with Crippen molar-refractivity contribution in [3.8, 4) is 10.6 Å². The van der Waals surface area contributed by atoms with Gasteiger partial charge in [-0.3, -0.25) is 4.90 Å². The highest BCUT2D eigenvalue weighted by molar-refractivity contribution is 7.15. The van der Waals surface area contributed by atoms with Gasteiger partial charge in [-0.15, -0.1) is 11.3 Å². The Balaban J connectivity index is 1.47. The first-order valence-corrected chi connectivity index (χ1v) is 8.71. The van der Waals surface area contributed by atoms with Gasteiger partial charge < -0.3 is 5.32 Å². The van der Waals surface area contributed by atoms with Gasteiger partial charge in [0.1, 0.15) is 5.01 Å². The Morgan fingerprint density at radius 1 is 1.10 bits per heavy atom. The second-order valence-electron chi connectivity index (χ2n) is 5.97. The molecule has 0 bridgehead atoms. The Morgan fingerprint density at radius 3 is 2.67 bits per heavy atom. The molecule has 1 N–H and O–H groups in total. The van der Waals surface area contributed by atoms with Crippen LogP contribution in [0.3, 0.4) is 0 Å². The molecule has 1 fully saturated rings. The zero-order chi connectivity index (χ0) is 14.1. The van der Waals surface area contributed by atoms with E-state index < -0.39 is 0 Å². The standard InChI is InChI=1S/C17H21N3S/c1-2-15-16(3-1)21-17(19-15)14-6-4-13(5-7-14)12-20-10-8-18-9-11-20/h4-7,18H,1-3,8-12H2. The van der Waals surface area contributed by atoms with Crippen LogP contribution in [0.4, 0.5) is 0 Å². The maximum atomic E-state index is 4.81. The molecule has 2 aromatic rings. The van der Waals surface area contributed by atoms with Crippen molar-refractivity contribution >= 4 is 11.3 Å². The number of rotatable bonds is 3. The van der Waals surface area contributed by atoms with Crippen molar-refractivity contribution in [3.05, 3.63) is 40.4 Å². The summed E-state index contributed by atoms with van der Waals surface area (Å²) in [5, 5.41) is 4.60. The molecule has 2 heterocycles. The molecule has 1 aliphatic heterocycles. The summed E-state index contributed by atoms with van der Waals surface area (Å²) in [6.07, 6.45) is 3.69. The van der Waals surface area contributed by atoms with Gasteiger partial charge in [0.05, 0.1) is 5.69 Å². The largest absolute Gasteiger partial charge is 0.314 e. The van der Waals surface area contributed by atoms with Gasteiger partial charge in [-0.05, 0) is 24.8 Å². The summed E-state index contributed by atoms with van der Waals surface area (Å²) in [5.74, 6) is 0. The van der Waals surface area contributed by atoms with Crippen molar-refractivity contribution in [2.45, 2.75) is 25.8 Å². The van der Waals surface area contributed by atoms with Crippen molar-refractivity contribution in [1.29, 1.82) is 0 Å². The maximum Gasteiger partial charge on any atom is 0.123 e. The Bertz CT molecular complexity index is 590. The van der Waals surface area contributed by atoms with Gasteiger partial charge in [-0.2, -0.15) is 0 Å². The van der Waals surface area contributed by atoms with Crippen molar-refractivity contribution in [2.75, 3.05) is 26.2 Å². The first-order valence-electron chi connectivity index (χ1n) is 7.89. The molecule has 1 saturated heterocycles. The summed E-state index contributed by atoms with van der Waals surface area (Å²) < 4.78 is 0. The predicted molar refractivity (Wildman–Crippen MR) is 87.7 cm³/mol. The van der Waals surface area contributed by atoms with Crippen LogP contribution in [0.15, 0.2) is 24.3 Å². The van der Waals surface area contributed by atoms with Crippen LogP contribution in [0.2, 0.25) is 0 Å². The molecule has 0 amide bonds. The number of thiazole rings is 1. The highest BCUT2D eigenvalue weighted by Gasteiger charge is 2.17. The third kappa shape index (κ3) is 2.89. The Labute approximate surface area is 130 Å². The molecule has 110 valence electrons. The molecule has 0 spiro atoms. The van der Waals surface area contributed by atoms with E-state index in [-0.39, 0.29) is 0 Å². The smallest absolute Gasteiger partial charge is 0.123 e. The average Bonchev–Trinajstić information content (AvgIpc) is 3.10. The summed E-state index contributed by atoms with van der Waals surface area (Å²) in [6, 6.07) is 9.02. The molecule has 3 nitrogen and oxygen atoms in total. The number of nitrogens with one attached hydrogen (secondary N) is 1. The van der Waals surface area contributed by atoms with E-state index in [1.54, 1.807) is 0 Å². The van der Waals surface area contributed by atoms with E-state index in [1.165, 1.54) is 46.0 Å². The minimum absolute atomic E-state index is 1.07. The lowest BCUT2D eigenvalue weighted by molar-refractivity contribution is 0.233. The third-order valence-corrected chi connectivity index (χ3v) is 5.62. The minimum Gasteiger partial charge on any atom is -0.314 e. The second-order valence-corrected chi connectivity index (χ2v) is 7.05. The molecule has 1 aliphatic carbocycles. The molecule has 0 atom stereocenters. The van der Waals surface area contributed by atoms with E-state index in [9.17, 15) is 0 Å². The van der Waals surface area contributed by atoms with Gasteiger partial charge in [0, 0.05) is 43.2 Å². The number of aromatic nitrogens is 1. The zero-order valence-electron chi connectivity index (χ0n) is 12.3. The lowest BCUT2D eigenvalue weighted by Crippen LogP contribution is -2.42. The molecule has 4 heteroatoms. The van der Waals surface area contributed by atoms with Crippen LogP contribution < -0.4 is 5.32 Å². The number of aryl methyl sites for hydroxylation is 2. The van der Waals surface area contributed by atoms with Crippen molar-refractivity contribution < 1.29 is 0 Å². The molecule has 0 saturated carbocycles. The number of piperazine rings is 1. The molecule has 2 aliphatic rings. The fourth-order valence-corrected chi connectivity index (χ4v) is 4.35. The molecule has 0 unspecified atom stereocenters. The lowest BCUT2D eigenvalue weighted by Gasteiger charge is -2.27. The molecule has 4 rings (SSSR count). The normalized spacial score (nSPS) is 18.9. The lowest BCUT2D eigenvalue weighted by atomic mass is 10.1. The maximum absolute atomic E-state index is 4.81. The highest BCUT2D eigenvalue weighted by atomic mass is 32.1. The van der Waals surface area contributed by atoms with E-state index in [4.69, 9.17) is 4.98 Å². The van der Waals surface area contributed by atoms with E-state index in [0.717, 1.165) is 32.7 Å². The molecule has 1 aromatic heterocycles. The van der Waals surface area contributed by atoms with E-state index in [0.29, 0.717) is 0 Å². The minimum atomic E-state index is 1.07.